The molecule has 0 aliphatic rings. The molecule has 0 saturated heterocycles. The lowest BCUT2D eigenvalue weighted by molar-refractivity contribution is 0.416. The fourth-order valence-corrected chi connectivity index (χ4v) is 1.49. The molecule has 0 spiro atoms. The van der Waals surface area contributed by atoms with Crippen LogP contribution in [0.4, 0.5) is 0 Å². The van der Waals surface area contributed by atoms with Gasteiger partial charge < -0.3 is 4.42 Å². The standard InChI is InChI=1S/C11H13N3O/c12-14-10(11-2-1-7-15-11)8-9-3-5-13-6-4-9/h1-7,10,14H,8,12H2. The smallest absolute Gasteiger partial charge is 0.122 e. The van der Waals surface area contributed by atoms with Gasteiger partial charge >= 0.3 is 0 Å². The van der Waals surface area contributed by atoms with Crippen LogP contribution in [-0.4, -0.2) is 4.98 Å². The van der Waals surface area contributed by atoms with E-state index in [2.05, 4.69) is 10.4 Å². The molecular formula is C11H13N3O. The van der Waals surface area contributed by atoms with Crippen LogP contribution in [0.15, 0.2) is 47.3 Å². The first kappa shape index (κ1) is 9.89. The topological polar surface area (TPSA) is 64.1 Å². The van der Waals surface area contributed by atoms with Gasteiger partial charge in [0.1, 0.15) is 5.76 Å². The number of nitrogens with zero attached hydrogens (tertiary/aromatic N) is 1. The molecular weight excluding hydrogens is 190 g/mol. The molecule has 1 atom stereocenters. The van der Waals surface area contributed by atoms with Crippen molar-refractivity contribution in [2.75, 3.05) is 0 Å². The van der Waals surface area contributed by atoms with E-state index < -0.39 is 0 Å². The molecule has 2 heterocycles. The number of hydrogen-bond donors (Lipinski definition) is 2. The van der Waals surface area contributed by atoms with Crippen molar-refractivity contribution < 1.29 is 4.42 Å². The Labute approximate surface area is 88.1 Å². The Kier molecular flexibility index (Phi) is 3.11. The number of rotatable bonds is 4. The summed E-state index contributed by atoms with van der Waals surface area (Å²) in [6, 6.07) is 7.70. The molecule has 0 fully saturated rings. The van der Waals surface area contributed by atoms with Crippen LogP contribution < -0.4 is 11.3 Å². The maximum absolute atomic E-state index is 5.49. The van der Waals surface area contributed by atoms with E-state index in [9.17, 15) is 0 Å². The summed E-state index contributed by atoms with van der Waals surface area (Å²) in [5, 5.41) is 0. The Balaban J connectivity index is 2.10. The molecule has 1 unspecified atom stereocenters. The van der Waals surface area contributed by atoms with Gasteiger partial charge in [0.15, 0.2) is 0 Å². The Hall–Kier alpha value is -1.65. The van der Waals surface area contributed by atoms with E-state index in [0.29, 0.717) is 0 Å². The highest BCUT2D eigenvalue weighted by Crippen LogP contribution is 2.17. The summed E-state index contributed by atoms with van der Waals surface area (Å²) in [5.41, 5.74) is 3.91. The van der Waals surface area contributed by atoms with Gasteiger partial charge in [-0.05, 0) is 36.2 Å². The highest BCUT2D eigenvalue weighted by Gasteiger charge is 2.12. The van der Waals surface area contributed by atoms with Gasteiger partial charge in [-0.1, -0.05) is 0 Å². The molecule has 0 saturated carbocycles. The second-order valence-corrected chi connectivity index (χ2v) is 3.29. The van der Waals surface area contributed by atoms with Crippen molar-refractivity contribution in [1.29, 1.82) is 0 Å². The number of nitrogens with two attached hydrogens (primary N) is 1. The number of furan rings is 1. The first-order chi connectivity index (χ1) is 7.40. The first-order valence-electron chi connectivity index (χ1n) is 4.78. The van der Waals surface area contributed by atoms with Gasteiger partial charge in [-0.25, -0.2) is 5.43 Å². The summed E-state index contributed by atoms with van der Waals surface area (Å²) in [7, 11) is 0. The van der Waals surface area contributed by atoms with Crippen molar-refractivity contribution in [2.45, 2.75) is 12.5 Å². The Bertz CT molecular complexity index is 385. The molecule has 78 valence electrons. The molecule has 4 heteroatoms. The Morgan fingerprint density at radius 3 is 2.73 bits per heavy atom. The van der Waals surface area contributed by atoms with Crippen LogP contribution in [-0.2, 0) is 6.42 Å². The summed E-state index contributed by atoms with van der Waals surface area (Å²) in [4.78, 5) is 3.97. The number of pyridine rings is 1. The third kappa shape index (κ3) is 2.43. The molecule has 0 radical (unpaired) electrons. The summed E-state index contributed by atoms with van der Waals surface area (Å²) in [6.07, 6.45) is 5.97. The zero-order valence-corrected chi connectivity index (χ0v) is 8.26. The monoisotopic (exact) mass is 203 g/mol. The number of aromatic nitrogens is 1. The van der Waals surface area contributed by atoms with Crippen molar-refractivity contribution in [3.05, 3.63) is 54.2 Å². The van der Waals surface area contributed by atoms with E-state index in [1.165, 1.54) is 5.56 Å². The third-order valence-corrected chi connectivity index (χ3v) is 2.28. The van der Waals surface area contributed by atoms with Crippen LogP contribution in [0, 0.1) is 0 Å². The second kappa shape index (κ2) is 4.72. The molecule has 0 amide bonds. The molecule has 15 heavy (non-hydrogen) atoms. The van der Waals surface area contributed by atoms with E-state index >= 15 is 0 Å². The summed E-state index contributed by atoms with van der Waals surface area (Å²) in [6.45, 7) is 0. The van der Waals surface area contributed by atoms with Crippen molar-refractivity contribution >= 4 is 0 Å². The molecule has 2 rings (SSSR count). The third-order valence-electron chi connectivity index (χ3n) is 2.28. The Morgan fingerprint density at radius 1 is 1.33 bits per heavy atom. The van der Waals surface area contributed by atoms with Gasteiger partial charge in [0.05, 0.1) is 12.3 Å². The quantitative estimate of drug-likeness (QED) is 0.582. The van der Waals surface area contributed by atoms with E-state index in [0.717, 1.165) is 12.2 Å². The SMILES string of the molecule is NNC(Cc1ccncc1)c1ccco1. The lowest BCUT2D eigenvalue weighted by Gasteiger charge is -2.12. The van der Waals surface area contributed by atoms with Crippen molar-refractivity contribution in [3.63, 3.8) is 0 Å². The average molecular weight is 203 g/mol. The zero-order valence-electron chi connectivity index (χ0n) is 8.26. The molecule has 0 aliphatic carbocycles. The van der Waals surface area contributed by atoms with Crippen LogP contribution in [0.5, 0.6) is 0 Å². The molecule has 4 nitrogen and oxygen atoms in total. The van der Waals surface area contributed by atoms with E-state index in [-0.39, 0.29) is 6.04 Å². The van der Waals surface area contributed by atoms with E-state index in [1.54, 1.807) is 18.7 Å². The van der Waals surface area contributed by atoms with Crippen molar-refractivity contribution in [2.24, 2.45) is 5.84 Å². The van der Waals surface area contributed by atoms with E-state index in [4.69, 9.17) is 10.3 Å². The largest absolute Gasteiger partial charge is 0.468 e. The molecule has 0 bridgehead atoms. The molecule has 2 aromatic heterocycles. The Morgan fingerprint density at radius 2 is 2.13 bits per heavy atom. The lowest BCUT2D eigenvalue weighted by Crippen LogP contribution is -2.29. The van der Waals surface area contributed by atoms with Gasteiger partial charge in [-0.15, -0.1) is 0 Å². The summed E-state index contributed by atoms with van der Waals surface area (Å²) >= 11 is 0. The normalized spacial score (nSPS) is 12.6. The maximum atomic E-state index is 5.49. The molecule has 2 aromatic rings. The van der Waals surface area contributed by atoms with Gasteiger partial charge in [0, 0.05) is 12.4 Å². The average Bonchev–Trinajstić information content (AvgIpc) is 2.81. The maximum Gasteiger partial charge on any atom is 0.122 e. The zero-order chi connectivity index (χ0) is 10.5. The van der Waals surface area contributed by atoms with Crippen LogP contribution >= 0.6 is 0 Å². The molecule has 0 aromatic carbocycles. The van der Waals surface area contributed by atoms with Crippen LogP contribution in [0.1, 0.15) is 17.4 Å². The highest BCUT2D eigenvalue weighted by atomic mass is 16.3. The minimum Gasteiger partial charge on any atom is -0.468 e. The predicted molar refractivity (Wildman–Crippen MR) is 56.7 cm³/mol. The van der Waals surface area contributed by atoms with Crippen LogP contribution in [0.25, 0.3) is 0 Å². The first-order valence-corrected chi connectivity index (χ1v) is 4.78. The number of hydrogen-bond acceptors (Lipinski definition) is 4. The fourth-order valence-electron chi connectivity index (χ4n) is 1.49. The van der Waals surface area contributed by atoms with Gasteiger partial charge in [-0.2, -0.15) is 0 Å². The fraction of sp³-hybridized carbons (Fsp3) is 0.182. The van der Waals surface area contributed by atoms with Crippen molar-refractivity contribution in [3.8, 4) is 0 Å². The van der Waals surface area contributed by atoms with E-state index in [1.807, 2.05) is 24.3 Å². The predicted octanol–water partition coefficient (Wildman–Crippen LogP) is 1.42. The van der Waals surface area contributed by atoms with Gasteiger partial charge in [0.25, 0.3) is 0 Å². The molecule has 3 N–H and O–H groups in total. The van der Waals surface area contributed by atoms with Gasteiger partial charge in [-0.3, -0.25) is 10.8 Å². The lowest BCUT2D eigenvalue weighted by atomic mass is 10.1. The highest BCUT2D eigenvalue weighted by molar-refractivity contribution is 5.15. The minimum absolute atomic E-state index is 0.00222. The molecule has 0 aliphatic heterocycles. The van der Waals surface area contributed by atoms with Crippen LogP contribution in [0.3, 0.4) is 0 Å². The van der Waals surface area contributed by atoms with Crippen molar-refractivity contribution in [1.82, 2.24) is 10.4 Å². The van der Waals surface area contributed by atoms with Gasteiger partial charge in [0.2, 0.25) is 0 Å². The summed E-state index contributed by atoms with van der Waals surface area (Å²) in [5.74, 6) is 6.33. The number of nitrogens with one attached hydrogen (secondary N) is 1. The number of hydrazine groups is 1. The van der Waals surface area contributed by atoms with Crippen LogP contribution in [0.2, 0.25) is 0 Å². The summed E-state index contributed by atoms with van der Waals surface area (Å²) < 4.78 is 5.30. The minimum atomic E-state index is 0.00222. The second-order valence-electron chi connectivity index (χ2n) is 3.29.